The van der Waals surface area contributed by atoms with Crippen molar-refractivity contribution in [3.8, 4) is 11.5 Å². The fraction of sp³-hybridized carbons (Fsp3) is 0.520. The SMILES string of the molecule is COc1ccc(C2C(C(=O)OC3CCCC3)=C(C)NC3=C2C(=O)CC(C)(C)C3)cc1O. The summed E-state index contributed by atoms with van der Waals surface area (Å²) in [4.78, 5) is 26.6. The smallest absolute Gasteiger partial charge is 0.337 e. The number of ketones is 1. The van der Waals surface area contributed by atoms with Crippen molar-refractivity contribution in [3.63, 3.8) is 0 Å². The molecule has 3 aliphatic rings. The monoisotopic (exact) mass is 425 g/mol. The van der Waals surface area contributed by atoms with Gasteiger partial charge in [-0.1, -0.05) is 19.9 Å². The largest absolute Gasteiger partial charge is 0.504 e. The molecule has 166 valence electrons. The van der Waals surface area contributed by atoms with Crippen LogP contribution in [0.15, 0.2) is 40.7 Å². The van der Waals surface area contributed by atoms with Gasteiger partial charge in [-0.3, -0.25) is 4.79 Å². The molecule has 1 saturated carbocycles. The maximum Gasteiger partial charge on any atom is 0.337 e. The summed E-state index contributed by atoms with van der Waals surface area (Å²) >= 11 is 0. The number of phenols is 1. The molecule has 1 heterocycles. The zero-order valence-electron chi connectivity index (χ0n) is 18.7. The van der Waals surface area contributed by atoms with Gasteiger partial charge in [0.25, 0.3) is 0 Å². The highest BCUT2D eigenvalue weighted by Gasteiger charge is 2.43. The average Bonchev–Trinajstić information content (AvgIpc) is 3.18. The quantitative estimate of drug-likeness (QED) is 0.692. The molecule has 1 aromatic rings. The van der Waals surface area contributed by atoms with Gasteiger partial charge in [0, 0.05) is 29.3 Å². The second-order valence-electron chi connectivity index (χ2n) is 9.67. The summed E-state index contributed by atoms with van der Waals surface area (Å²) < 4.78 is 11.0. The minimum absolute atomic E-state index is 0.0227. The van der Waals surface area contributed by atoms with Crippen molar-refractivity contribution in [2.45, 2.75) is 71.3 Å². The molecule has 0 bridgehead atoms. The van der Waals surface area contributed by atoms with E-state index in [4.69, 9.17) is 9.47 Å². The molecule has 6 heteroatoms. The zero-order chi connectivity index (χ0) is 22.3. The van der Waals surface area contributed by atoms with Crippen LogP contribution < -0.4 is 10.1 Å². The first kappa shape index (κ1) is 21.5. The molecule has 0 radical (unpaired) electrons. The minimum atomic E-state index is -0.578. The Kier molecular flexibility index (Phi) is 5.58. The maximum absolute atomic E-state index is 13.3. The number of esters is 1. The Hall–Kier alpha value is -2.76. The van der Waals surface area contributed by atoms with Crippen molar-refractivity contribution >= 4 is 11.8 Å². The van der Waals surface area contributed by atoms with Crippen LogP contribution in [0, 0.1) is 5.41 Å². The van der Waals surface area contributed by atoms with Crippen molar-refractivity contribution in [3.05, 3.63) is 46.3 Å². The number of carbonyl (C=O) groups excluding carboxylic acids is 2. The first-order chi connectivity index (χ1) is 14.7. The molecule has 4 rings (SSSR count). The normalized spacial score (nSPS) is 23.5. The highest BCUT2D eigenvalue weighted by atomic mass is 16.5. The Balaban J connectivity index is 1.80. The van der Waals surface area contributed by atoms with Crippen LogP contribution in [0.2, 0.25) is 0 Å². The lowest BCUT2D eigenvalue weighted by Gasteiger charge is -2.39. The molecule has 1 unspecified atom stereocenters. The first-order valence-electron chi connectivity index (χ1n) is 11.0. The Morgan fingerprint density at radius 1 is 1.19 bits per heavy atom. The number of benzene rings is 1. The zero-order valence-corrected chi connectivity index (χ0v) is 18.7. The van der Waals surface area contributed by atoms with Gasteiger partial charge >= 0.3 is 5.97 Å². The number of hydrogen-bond acceptors (Lipinski definition) is 6. The van der Waals surface area contributed by atoms with Crippen molar-refractivity contribution < 1.29 is 24.2 Å². The minimum Gasteiger partial charge on any atom is -0.504 e. The summed E-state index contributed by atoms with van der Waals surface area (Å²) in [6.45, 7) is 6.01. The van der Waals surface area contributed by atoms with E-state index in [1.807, 2.05) is 13.0 Å². The number of ether oxygens (including phenoxy) is 2. The second kappa shape index (κ2) is 8.06. The van der Waals surface area contributed by atoms with Gasteiger partial charge < -0.3 is 19.9 Å². The summed E-state index contributed by atoms with van der Waals surface area (Å²) in [6.07, 6.45) is 4.93. The highest BCUT2D eigenvalue weighted by Crippen LogP contribution is 2.48. The third-order valence-electron chi connectivity index (χ3n) is 6.57. The lowest BCUT2D eigenvalue weighted by atomic mass is 9.68. The molecular weight excluding hydrogens is 394 g/mol. The lowest BCUT2D eigenvalue weighted by molar-refractivity contribution is -0.144. The standard InChI is InChI=1S/C25H31NO5/c1-14-21(24(29)31-16-7-5-6-8-16)22(15-9-10-20(30-4)18(27)11-15)23-17(26-14)12-25(2,3)13-19(23)28/h9-11,16,22,26-27H,5-8,12-13H2,1-4H3. The van der Waals surface area contributed by atoms with Crippen molar-refractivity contribution in [1.29, 1.82) is 0 Å². The predicted molar refractivity (Wildman–Crippen MR) is 117 cm³/mol. The van der Waals surface area contributed by atoms with Gasteiger partial charge in [-0.05, 0) is 62.1 Å². The van der Waals surface area contributed by atoms with Crippen molar-refractivity contribution in [2.24, 2.45) is 5.41 Å². The summed E-state index contributed by atoms with van der Waals surface area (Å²) in [5.74, 6) is -0.617. The molecule has 1 atom stereocenters. The molecule has 0 aromatic heterocycles. The van der Waals surface area contributed by atoms with Gasteiger partial charge in [0.15, 0.2) is 17.3 Å². The van der Waals surface area contributed by atoms with Crippen LogP contribution in [0.25, 0.3) is 0 Å². The Labute approximate surface area is 183 Å². The van der Waals surface area contributed by atoms with Crippen LogP contribution in [0.1, 0.15) is 70.8 Å². The first-order valence-corrected chi connectivity index (χ1v) is 11.0. The van der Waals surface area contributed by atoms with Gasteiger partial charge in [0.2, 0.25) is 0 Å². The number of allylic oxidation sites excluding steroid dienone is 3. The number of dihydropyridines is 1. The van der Waals surface area contributed by atoms with Gasteiger partial charge in [-0.2, -0.15) is 0 Å². The van der Waals surface area contributed by atoms with Gasteiger partial charge in [-0.25, -0.2) is 4.79 Å². The average molecular weight is 426 g/mol. The van der Waals surface area contributed by atoms with Crippen LogP contribution in [0.4, 0.5) is 0 Å². The van der Waals surface area contributed by atoms with Crippen LogP contribution in [0.5, 0.6) is 11.5 Å². The molecule has 2 N–H and O–H groups in total. The predicted octanol–water partition coefficient (Wildman–Crippen LogP) is 4.49. The summed E-state index contributed by atoms with van der Waals surface area (Å²) in [5, 5.41) is 13.8. The Morgan fingerprint density at radius 2 is 1.90 bits per heavy atom. The van der Waals surface area contributed by atoms with Crippen LogP contribution >= 0.6 is 0 Å². The maximum atomic E-state index is 13.3. The molecule has 1 aromatic carbocycles. The molecule has 6 nitrogen and oxygen atoms in total. The van der Waals surface area contributed by atoms with E-state index in [0.717, 1.165) is 37.8 Å². The molecule has 31 heavy (non-hydrogen) atoms. The topological polar surface area (TPSA) is 84.9 Å². The number of carbonyl (C=O) groups is 2. The molecule has 1 fully saturated rings. The van der Waals surface area contributed by atoms with Gasteiger partial charge in [0.1, 0.15) is 6.10 Å². The van der Waals surface area contributed by atoms with E-state index in [9.17, 15) is 14.7 Å². The Morgan fingerprint density at radius 3 is 2.55 bits per heavy atom. The number of rotatable bonds is 4. The van der Waals surface area contributed by atoms with E-state index in [1.54, 1.807) is 12.1 Å². The number of aromatic hydroxyl groups is 1. The van der Waals surface area contributed by atoms with E-state index in [2.05, 4.69) is 19.2 Å². The lowest BCUT2D eigenvalue weighted by Crippen LogP contribution is -2.39. The number of nitrogens with one attached hydrogen (secondary N) is 1. The van der Waals surface area contributed by atoms with Gasteiger partial charge in [0.05, 0.1) is 12.7 Å². The Bertz CT molecular complexity index is 982. The molecule has 1 aliphatic heterocycles. The molecule has 0 spiro atoms. The number of phenolic OH excluding ortho intramolecular Hbond substituents is 1. The van der Waals surface area contributed by atoms with E-state index in [-0.39, 0.29) is 29.0 Å². The van der Waals surface area contributed by atoms with E-state index in [0.29, 0.717) is 34.6 Å². The van der Waals surface area contributed by atoms with Gasteiger partial charge in [-0.15, -0.1) is 0 Å². The van der Waals surface area contributed by atoms with Crippen LogP contribution in [-0.2, 0) is 14.3 Å². The second-order valence-corrected chi connectivity index (χ2v) is 9.67. The molecule has 0 amide bonds. The third kappa shape index (κ3) is 4.08. The summed E-state index contributed by atoms with van der Waals surface area (Å²) in [6, 6.07) is 5.06. The number of hydrogen-bond donors (Lipinski definition) is 2. The van der Waals surface area contributed by atoms with Crippen LogP contribution in [-0.4, -0.2) is 30.1 Å². The van der Waals surface area contributed by atoms with E-state index < -0.39 is 5.92 Å². The molecular formula is C25H31NO5. The van der Waals surface area contributed by atoms with E-state index >= 15 is 0 Å². The van der Waals surface area contributed by atoms with Crippen molar-refractivity contribution in [1.82, 2.24) is 5.32 Å². The molecule has 0 saturated heterocycles. The third-order valence-corrected chi connectivity index (χ3v) is 6.57. The van der Waals surface area contributed by atoms with Crippen molar-refractivity contribution in [2.75, 3.05) is 7.11 Å². The fourth-order valence-corrected chi connectivity index (χ4v) is 5.15. The summed E-state index contributed by atoms with van der Waals surface area (Å²) in [5.41, 5.74) is 3.13. The highest BCUT2D eigenvalue weighted by molar-refractivity contribution is 6.04. The number of methoxy groups -OCH3 is 1. The molecule has 2 aliphatic carbocycles. The summed E-state index contributed by atoms with van der Waals surface area (Å²) in [7, 11) is 1.49. The van der Waals surface area contributed by atoms with Crippen LogP contribution in [0.3, 0.4) is 0 Å². The number of Topliss-reactive ketones (excluding diaryl/α,β-unsaturated/α-hetero) is 1. The fourth-order valence-electron chi connectivity index (χ4n) is 5.15. The van der Waals surface area contributed by atoms with E-state index in [1.165, 1.54) is 7.11 Å².